The summed E-state index contributed by atoms with van der Waals surface area (Å²) >= 11 is 0. The third-order valence-corrected chi connectivity index (χ3v) is 12.0. The quantitative estimate of drug-likeness (QED) is 0.249. The van der Waals surface area contributed by atoms with E-state index in [9.17, 15) is 0 Å². The first-order valence-corrected chi connectivity index (χ1v) is 15.5. The lowest BCUT2D eigenvalue weighted by molar-refractivity contribution is -0.745. The number of rotatable bonds is 2. The van der Waals surface area contributed by atoms with Gasteiger partial charge in [0, 0.05) is 17.3 Å². The van der Waals surface area contributed by atoms with Gasteiger partial charge in [0.15, 0.2) is 5.69 Å². The zero-order chi connectivity index (χ0) is 26.7. The van der Waals surface area contributed by atoms with Crippen LogP contribution in [-0.4, -0.2) is 13.8 Å². The molecular weight excluding hydrogens is 464 g/mol. The van der Waals surface area contributed by atoms with E-state index >= 15 is 0 Å². The molecule has 3 aromatic heterocycles. The van der Waals surface area contributed by atoms with E-state index in [0.717, 1.165) is 5.78 Å². The lowest BCUT2D eigenvalue weighted by Gasteiger charge is -2.42. The van der Waals surface area contributed by atoms with Crippen LogP contribution in [0.1, 0.15) is 123 Å². The molecular formula is C34H47N4+. The van der Waals surface area contributed by atoms with Gasteiger partial charge in [0.25, 0.3) is 5.65 Å². The molecule has 38 heavy (non-hydrogen) atoms. The average molecular weight is 512 g/mol. The molecule has 0 bridgehead atoms. The molecule has 7 rings (SSSR count). The predicted octanol–water partition coefficient (Wildman–Crippen LogP) is 8.13. The Labute approximate surface area is 228 Å². The van der Waals surface area contributed by atoms with Gasteiger partial charge in [0.2, 0.25) is 0 Å². The van der Waals surface area contributed by atoms with Crippen molar-refractivity contribution in [3.05, 3.63) is 47.5 Å². The molecule has 4 aromatic rings. The molecule has 2 saturated carbocycles. The van der Waals surface area contributed by atoms with Crippen LogP contribution in [0.5, 0.6) is 0 Å². The molecule has 0 amide bonds. The number of aromatic nitrogens is 4. The SMILES string of the molecule is CC1CCCC(C)C1c1cnc2n1c1cccc3c1c1n2c(C2C(C)CCCC2C)c[n+]1C(C)(C)C3(C)C. The van der Waals surface area contributed by atoms with Gasteiger partial charge in [-0.05, 0) is 62.0 Å². The highest BCUT2D eigenvalue weighted by molar-refractivity contribution is 5.97. The van der Waals surface area contributed by atoms with Crippen molar-refractivity contribution in [3.8, 4) is 0 Å². The molecule has 4 atom stereocenters. The Morgan fingerprint density at radius 2 is 1.37 bits per heavy atom. The number of fused-ring (bicyclic) bond motifs is 3. The van der Waals surface area contributed by atoms with E-state index in [1.807, 2.05) is 0 Å². The van der Waals surface area contributed by atoms with Crippen molar-refractivity contribution in [1.29, 1.82) is 0 Å². The first-order chi connectivity index (χ1) is 18.1. The molecule has 0 saturated heterocycles. The van der Waals surface area contributed by atoms with Gasteiger partial charge in [-0.2, -0.15) is 9.38 Å². The van der Waals surface area contributed by atoms with E-state index in [1.54, 1.807) is 0 Å². The summed E-state index contributed by atoms with van der Waals surface area (Å²) < 4.78 is 7.86. The molecule has 2 fully saturated rings. The zero-order valence-corrected chi connectivity index (χ0v) is 24.9. The molecule has 0 N–H and O–H groups in total. The van der Waals surface area contributed by atoms with Crippen molar-refractivity contribution in [2.45, 2.75) is 117 Å². The molecule has 4 nitrogen and oxygen atoms in total. The maximum Gasteiger partial charge on any atom is 0.311 e. The third-order valence-electron chi connectivity index (χ3n) is 12.0. The predicted molar refractivity (Wildman–Crippen MR) is 156 cm³/mol. The number of imidazole rings is 2. The second kappa shape index (κ2) is 8.08. The van der Waals surface area contributed by atoms with Crippen molar-refractivity contribution in [2.75, 3.05) is 0 Å². The Morgan fingerprint density at radius 1 is 0.789 bits per heavy atom. The lowest BCUT2D eigenvalue weighted by atomic mass is 9.67. The summed E-state index contributed by atoms with van der Waals surface area (Å²) in [6.07, 6.45) is 12.8. The van der Waals surface area contributed by atoms with Crippen molar-refractivity contribution in [2.24, 2.45) is 23.7 Å². The van der Waals surface area contributed by atoms with Gasteiger partial charge in [0.1, 0.15) is 11.7 Å². The first kappa shape index (κ1) is 24.7. The molecule has 4 unspecified atom stereocenters. The monoisotopic (exact) mass is 511 g/mol. The minimum absolute atomic E-state index is 0.00701. The Morgan fingerprint density at radius 3 is 1.97 bits per heavy atom. The van der Waals surface area contributed by atoms with Crippen LogP contribution >= 0.6 is 0 Å². The smallest absolute Gasteiger partial charge is 0.262 e. The minimum Gasteiger partial charge on any atom is -0.262 e. The maximum absolute atomic E-state index is 5.31. The highest BCUT2D eigenvalue weighted by atomic mass is 15.3. The number of hydrogen-bond donors (Lipinski definition) is 0. The summed E-state index contributed by atoms with van der Waals surface area (Å²) in [5, 5.41) is 1.43. The van der Waals surface area contributed by atoms with E-state index < -0.39 is 0 Å². The second-order valence-electron chi connectivity index (χ2n) is 14.6. The van der Waals surface area contributed by atoms with Crippen molar-refractivity contribution in [3.63, 3.8) is 0 Å². The Balaban J connectivity index is 1.66. The van der Waals surface area contributed by atoms with Crippen LogP contribution in [0.25, 0.3) is 22.3 Å². The van der Waals surface area contributed by atoms with Crippen LogP contribution in [0, 0.1) is 23.7 Å². The normalized spacial score (nSPS) is 32.5. The molecule has 2 aliphatic carbocycles. The number of nitrogens with zero attached hydrogens (tertiary/aromatic N) is 4. The molecule has 202 valence electrons. The van der Waals surface area contributed by atoms with E-state index in [0.29, 0.717) is 35.5 Å². The van der Waals surface area contributed by atoms with E-state index in [1.165, 1.54) is 72.0 Å². The molecule has 1 aliphatic heterocycles. The number of benzene rings is 1. The highest BCUT2D eigenvalue weighted by Crippen LogP contribution is 2.49. The molecule has 1 aromatic carbocycles. The van der Waals surface area contributed by atoms with E-state index in [2.05, 4.69) is 99.4 Å². The lowest BCUT2D eigenvalue weighted by Crippen LogP contribution is -2.63. The van der Waals surface area contributed by atoms with Gasteiger partial charge in [-0.1, -0.05) is 79.4 Å². The summed E-state index contributed by atoms with van der Waals surface area (Å²) in [6.45, 7) is 19.7. The van der Waals surface area contributed by atoms with Crippen LogP contribution in [0.2, 0.25) is 0 Å². The third kappa shape index (κ3) is 2.98. The topological polar surface area (TPSA) is 25.6 Å². The Hall–Kier alpha value is -2.36. The summed E-state index contributed by atoms with van der Waals surface area (Å²) in [5.41, 5.74) is 7.02. The minimum atomic E-state index is -0.0565. The van der Waals surface area contributed by atoms with Gasteiger partial charge in [0.05, 0.1) is 22.8 Å². The van der Waals surface area contributed by atoms with Gasteiger partial charge >= 0.3 is 5.78 Å². The fourth-order valence-electron chi connectivity index (χ4n) is 9.22. The maximum atomic E-state index is 5.31. The summed E-state index contributed by atoms with van der Waals surface area (Å²) in [5.74, 6) is 4.96. The Kier molecular flexibility index (Phi) is 5.25. The van der Waals surface area contributed by atoms with Gasteiger partial charge in [-0.3, -0.25) is 4.40 Å². The Bertz CT molecular complexity index is 1550. The molecule has 0 spiro atoms. The molecule has 0 radical (unpaired) electrons. The average Bonchev–Trinajstić information content (AvgIpc) is 3.46. The van der Waals surface area contributed by atoms with Crippen LogP contribution in [-0.2, 0) is 11.0 Å². The fraction of sp³-hybridized carbons (Fsp3) is 0.647. The summed E-state index contributed by atoms with van der Waals surface area (Å²) in [4.78, 5) is 5.31. The van der Waals surface area contributed by atoms with Crippen LogP contribution in [0.3, 0.4) is 0 Å². The standard InChI is InChI=1S/C34H47N4/c1-20-12-9-13-21(2)28(20)26-18-35-32-37(26)25-17-11-16-24-30(25)31-36(34(7,8)33(24,5)6)19-27(38(31)32)29-22(3)14-10-15-23(29)4/h11,16-23,28-29H,9-10,12-15H2,1-8H3/q+1. The van der Waals surface area contributed by atoms with Crippen LogP contribution in [0.15, 0.2) is 30.6 Å². The fourth-order valence-corrected chi connectivity index (χ4v) is 9.22. The van der Waals surface area contributed by atoms with E-state index in [4.69, 9.17) is 4.98 Å². The van der Waals surface area contributed by atoms with Crippen molar-refractivity contribution in [1.82, 2.24) is 13.8 Å². The summed E-state index contributed by atoms with van der Waals surface area (Å²) in [6, 6.07) is 7.07. The van der Waals surface area contributed by atoms with Crippen molar-refractivity contribution >= 4 is 22.3 Å². The van der Waals surface area contributed by atoms with Gasteiger partial charge < -0.3 is 0 Å². The van der Waals surface area contributed by atoms with Gasteiger partial charge in [-0.15, -0.1) is 0 Å². The van der Waals surface area contributed by atoms with E-state index in [-0.39, 0.29) is 11.0 Å². The highest BCUT2D eigenvalue weighted by Gasteiger charge is 2.52. The molecule has 4 heteroatoms. The second-order valence-corrected chi connectivity index (χ2v) is 14.6. The number of hydrogen-bond acceptors (Lipinski definition) is 1. The van der Waals surface area contributed by atoms with Crippen LogP contribution < -0.4 is 4.57 Å². The zero-order valence-electron chi connectivity index (χ0n) is 24.9. The summed E-state index contributed by atoms with van der Waals surface area (Å²) in [7, 11) is 0. The van der Waals surface area contributed by atoms with Crippen LogP contribution in [0.4, 0.5) is 0 Å². The molecule has 3 aliphatic rings. The molecule has 4 heterocycles. The van der Waals surface area contributed by atoms with Gasteiger partial charge in [-0.25, -0.2) is 4.57 Å². The van der Waals surface area contributed by atoms with Crippen molar-refractivity contribution < 1.29 is 4.57 Å². The first-order valence-electron chi connectivity index (χ1n) is 15.5. The largest absolute Gasteiger partial charge is 0.311 e.